The monoisotopic (exact) mass is 392 g/mol. The maximum absolute atomic E-state index is 12.5. The summed E-state index contributed by atoms with van der Waals surface area (Å²) in [6.45, 7) is -1.80. The molecule has 1 aromatic carbocycles. The second-order valence-electron chi connectivity index (χ2n) is 4.06. The van der Waals surface area contributed by atoms with E-state index in [0.29, 0.717) is 0 Å². The van der Waals surface area contributed by atoms with Gasteiger partial charge in [0.05, 0.1) is 12.7 Å². The number of ether oxygens (including phenoxy) is 1. The van der Waals surface area contributed by atoms with Gasteiger partial charge in [-0.2, -0.15) is 8.78 Å². The van der Waals surface area contributed by atoms with Crippen molar-refractivity contribution in [3.05, 3.63) is 33.4 Å². The Balaban J connectivity index is 2.32. The van der Waals surface area contributed by atoms with Crippen molar-refractivity contribution in [1.82, 2.24) is 0 Å². The van der Waals surface area contributed by atoms with Crippen LogP contribution in [-0.2, 0) is 11.2 Å². The van der Waals surface area contributed by atoms with Crippen molar-refractivity contribution in [1.29, 1.82) is 0 Å². The Labute approximate surface area is 121 Å². The largest absolute Gasteiger partial charge is 0.390 e. The van der Waals surface area contributed by atoms with Crippen molar-refractivity contribution >= 4 is 22.6 Å². The molecule has 19 heavy (non-hydrogen) atoms. The van der Waals surface area contributed by atoms with Gasteiger partial charge >= 0.3 is 12.3 Å². The molecule has 2 nitrogen and oxygen atoms in total. The van der Waals surface area contributed by atoms with E-state index in [4.69, 9.17) is 0 Å². The van der Waals surface area contributed by atoms with Gasteiger partial charge in [0, 0.05) is 9.99 Å². The van der Waals surface area contributed by atoms with Crippen LogP contribution in [0.1, 0.15) is 5.56 Å². The lowest BCUT2D eigenvalue weighted by Crippen LogP contribution is -2.34. The first-order valence-corrected chi connectivity index (χ1v) is 6.55. The van der Waals surface area contributed by atoms with E-state index < -0.39 is 31.7 Å². The summed E-state index contributed by atoms with van der Waals surface area (Å²) in [7, 11) is 0. The Bertz CT molecular complexity index is 384. The quantitative estimate of drug-likeness (QED) is 0.571. The summed E-state index contributed by atoms with van der Waals surface area (Å²) >= 11 is 2.13. The predicted octanol–water partition coefficient (Wildman–Crippen LogP) is 3.11. The smallest absolute Gasteiger partial charge is 0.330 e. The van der Waals surface area contributed by atoms with Crippen molar-refractivity contribution in [2.75, 3.05) is 13.2 Å². The van der Waals surface area contributed by atoms with Crippen LogP contribution >= 0.6 is 22.6 Å². The normalized spacial score (nSPS) is 13.8. The van der Waals surface area contributed by atoms with Crippen LogP contribution in [0.25, 0.3) is 0 Å². The van der Waals surface area contributed by atoms with E-state index in [9.17, 15) is 22.7 Å². The molecular formula is C12H13F4IO2. The maximum atomic E-state index is 12.5. The van der Waals surface area contributed by atoms with E-state index >= 15 is 0 Å². The van der Waals surface area contributed by atoms with E-state index in [-0.39, 0.29) is 6.42 Å². The van der Waals surface area contributed by atoms with Crippen molar-refractivity contribution in [2.24, 2.45) is 0 Å². The number of alkyl halides is 4. The molecule has 0 heterocycles. The van der Waals surface area contributed by atoms with E-state index in [0.717, 1.165) is 9.13 Å². The molecule has 7 heteroatoms. The second-order valence-corrected chi connectivity index (χ2v) is 5.31. The molecule has 1 aromatic rings. The molecule has 0 bridgehead atoms. The summed E-state index contributed by atoms with van der Waals surface area (Å²) in [5.41, 5.74) is 0.817. The van der Waals surface area contributed by atoms with Crippen molar-refractivity contribution in [2.45, 2.75) is 24.9 Å². The van der Waals surface area contributed by atoms with Crippen LogP contribution in [0.15, 0.2) is 24.3 Å². The molecule has 1 N–H and O–H groups in total. The fraction of sp³-hybridized carbons (Fsp3) is 0.500. The molecule has 0 aromatic heterocycles. The van der Waals surface area contributed by atoms with Crippen LogP contribution in [0, 0.1) is 3.57 Å². The first-order valence-electron chi connectivity index (χ1n) is 5.47. The van der Waals surface area contributed by atoms with Gasteiger partial charge in [-0.15, -0.1) is 0 Å². The van der Waals surface area contributed by atoms with Gasteiger partial charge in [0.25, 0.3) is 0 Å². The van der Waals surface area contributed by atoms with Crippen LogP contribution in [0.4, 0.5) is 17.6 Å². The van der Waals surface area contributed by atoms with Gasteiger partial charge in [-0.05, 0) is 40.3 Å². The van der Waals surface area contributed by atoms with Crippen molar-refractivity contribution in [3.63, 3.8) is 0 Å². The molecule has 1 unspecified atom stereocenters. The Morgan fingerprint density at radius 3 is 2.32 bits per heavy atom. The number of aliphatic hydroxyl groups excluding tert-OH is 1. The predicted molar refractivity (Wildman–Crippen MR) is 70.6 cm³/mol. The average molecular weight is 392 g/mol. The first kappa shape index (κ1) is 16.6. The highest BCUT2D eigenvalue weighted by molar-refractivity contribution is 14.1. The van der Waals surface area contributed by atoms with Gasteiger partial charge in [-0.1, -0.05) is 12.1 Å². The van der Waals surface area contributed by atoms with Crippen LogP contribution in [-0.4, -0.2) is 36.8 Å². The molecule has 1 rings (SSSR count). The van der Waals surface area contributed by atoms with Gasteiger partial charge in [0.2, 0.25) is 0 Å². The van der Waals surface area contributed by atoms with Crippen LogP contribution in [0.3, 0.4) is 0 Å². The van der Waals surface area contributed by atoms with Gasteiger partial charge in [0.15, 0.2) is 0 Å². The molecule has 0 aliphatic carbocycles. The van der Waals surface area contributed by atoms with E-state index in [2.05, 4.69) is 27.3 Å². The van der Waals surface area contributed by atoms with Gasteiger partial charge in [-0.25, -0.2) is 8.78 Å². The molecular weight excluding hydrogens is 379 g/mol. The fourth-order valence-electron chi connectivity index (χ4n) is 1.35. The molecule has 1 atom stereocenters. The zero-order valence-corrected chi connectivity index (χ0v) is 12.0. The van der Waals surface area contributed by atoms with E-state index in [1.54, 1.807) is 12.1 Å². The number of benzene rings is 1. The summed E-state index contributed by atoms with van der Waals surface area (Å²) in [5, 5.41) is 9.55. The fourth-order valence-corrected chi connectivity index (χ4v) is 1.71. The number of aliphatic hydroxyl groups is 1. The van der Waals surface area contributed by atoms with Crippen LogP contribution in [0.5, 0.6) is 0 Å². The Morgan fingerprint density at radius 1 is 1.21 bits per heavy atom. The number of rotatable bonds is 7. The Hall–Kier alpha value is -0.410. The van der Waals surface area contributed by atoms with Gasteiger partial charge in [0.1, 0.15) is 6.61 Å². The van der Waals surface area contributed by atoms with Crippen LogP contribution in [0.2, 0.25) is 0 Å². The summed E-state index contributed by atoms with van der Waals surface area (Å²) < 4.78 is 54.1. The number of halogens is 5. The van der Waals surface area contributed by atoms with E-state index in [1.165, 1.54) is 0 Å². The number of hydrogen-bond acceptors (Lipinski definition) is 2. The Kier molecular flexibility index (Phi) is 6.48. The first-order chi connectivity index (χ1) is 8.81. The summed E-state index contributed by atoms with van der Waals surface area (Å²) in [5.74, 6) is -4.18. The molecule has 0 aliphatic heterocycles. The van der Waals surface area contributed by atoms with Crippen molar-refractivity contribution in [3.8, 4) is 0 Å². The molecule has 0 saturated heterocycles. The highest BCUT2D eigenvalue weighted by atomic mass is 127. The lowest BCUT2D eigenvalue weighted by atomic mass is 10.1. The summed E-state index contributed by atoms with van der Waals surface area (Å²) in [6, 6.07) is 7.26. The average Bonchev–Trinajstić information content (AvgIpc) is 2.31. The van der Waals surface area contributed by atoms with Crippen molar-refractivity contribution < 1.29 is 27.4 Å². The zero-order chi connectivity index (χ0) is 14.5. The third kappa shape index (κ3) is 6.05. The second kappa shape index (κ2) is 7.39. The molecule has 0 aliphatic rings. The highest BCUT2D eigenvalue weighted by Gasteiger charge is 2.41. The third-order valence-electron chi connectivity index (χ3n) is 2.31. The third-order valence-corrected chi connectivity index (χ3v) is 3.03. The van der Waals surface area contributed by atoms with Gasteiger partial charge in [-0.3, -0.25) is 0 Å². The minimum absolute atomic E-state index is 0.219. The SMILES string of the molecule is OC(COCC(F)(F)C(F)F)Cc1ccc(I)cc1. The molecule has 108 valence electrons. The molecule has 0 amide bonds. The number of hydrogen-bond donors (Lipinski definition) is 1. The molecule has 0 saturated carbocycles. The highest BCUT2D eigenvalue weighted by Crippen LogP contribution is 2.22. The standard InChI is InChI=1S/C12H13F4IO2/c13-11(14)12(15,16)7-19-6-10(18)5-8-1-3-9(17)4-2-8/h1-4,10-11,18H,5-7H2. The lowest BCUT2D eigenvalue weighted by Gasteiger charge is -2.17. The minimum Gasteiger partial charge on any atom is -0.390 e. The van der Waals surface area contributed by atoms with Crippen LogP contribution < -0.4 is 0 Å². The maximum Gasteiger partial charge on any atom is 0.330 e. The van der Waals surface area contributed by atoms with E-state index in [1.807, 2.05) is 12.1 Å². The topological polar surface area (TPSA) is 29.5 Å². The molecule has 0 radical (unpaired) electrons. The lowest BCUT2D eigenvalue weighted by molar-refractivity contribution is -0.170. The Morgan fingerprint density at radius 2 is 1.79 bits per heavy atom. The van der Waals surface area contributed by atoms with Gasteiger partial charge < -0.3 is 9.84 Å². The molecule has 0 fully saturated rings. The summed E-state index contributed by atoms with van der Waals surface area (Å²) in [6.07, 6.45) is -4.55. The molecule has 0 spiro atoms. The summed E-state index contributed by atoms with van der Waals surface area (Å²) in [4.78, 5) is 0. The zero-order valence-electron chi connectivity index (χ0n) is 9.83. The minimum atomic E-state index is -4.18.